The molecule has 2 rings (SSSR count). The van der Waals surface area contributed by atoms with Crippen molar-refractivity contribution in [3.63, 3.8) is 0 Å². The van der Waals surface area contributed by atoms with E-state index in [2.05, 4.69) is 4.72 Å². The highest BCUT2D eigenvalue weighted by atomic mass is 32.2. The Hall–Kier alpha value is -1.18. The highest BCUT2D eigenvalue weighted by molar-refractivity contribution is 7.89. The summed E-state index contributed by atoms with van der Waals surface area (Å²) in [5.41, 5.74) is 5.59. The molecule has 1 atom stereocenters. The number of ether oxygens (including phenoxy) is 1. The molecule has 0 amide bonds. The molecule has 100 valence electrons. The third-order valence-corrected chi connectivity index (χ3v) is 4.32. The van der Waals surface area contributed by atoms with Crippen LogP contribution in [0.1, 0.15) is 12.8 Å². The van der Waals surface area contributed by atoms with Crippen LogP contribution in [0.15, 0.2) is 23.1 Å². The Morgan fingerprint density at radius 3 is 2.89 bits per heavy atom. The molecule has 0 aromatic heterocycles. The van der Waals surface area contributed by atoms with Gasteiger partial charge in [0.2, 0.25) is 10.0 Å². The van der Waals surface area contributed by atoms with E-state index in [9.17, 15) is 12.8 Å². The fraction of sp³-hybridized carbons (Fsp3) is 0.455. The normalized spacial score (nSPS) is 20.8. The molecule has 1 unspecified atom stereocenters. The summed E-state index contributed by atoms with van der Waals surface area (Å²) in [6.07, 6.45) is 1.50. The standard InChI is InChI=1S/C11H15FN2O3S/c12-8-3-4-10(13)11(6-8)18(15,16)14-9-2-1-5-17-7-9/h3-4,6,9,14H,1-2,5,7,13H2. The van der Waals surface area contributed by atoms with Crippen molar-refractivity contribution in [2.24, 2.45) is 0 Å². The maximum atomic E-state index is 13.1. The second kappa shape index (κ2) is 5.21. The second-order valence-electron chi connectivity index (χ2n) is 4.22. The fourth-order valence-corrected chi connectivity index (χ4v) is 3.26. The molecule has 1 heterocycles. The summed E-state index contributed by atoms with van der Waals surface area (Å²) in [5, 5.41) is 0. The zero-order valence-electron chi connectivity index (χ0n) is 9.73. The molecule has 1 aliphatic heterocycles. The summed E-state index contributed by atoms with van der Waals surface area (Å²) < 4.78 is 44.9. The van der Waals surface area contributed by atoms with Crippen molar-refractivity contribution in [2.45, 2.75) is 23.8 Å². The second-order valence-corrected chi connectivity index (χ2v) is 5.90. The zero-order chi connectivity index (χ0) is 13.2. The topological polar surface area (TPSA) is 81.4 Å². The van der Waals surface area contributed by atoms with Gasteiger partial charge in [-0.15, -0.1) is 0 Å². The van der Waals surface area contributed by atoms with E-state index in [4.69, 9.17) is 10.5 Å². The van der Waals surface area contributed by atoms with Gasteiger partial charge >= 0.3 is 0 Å². The monoisotopic (exact) mass is 274 g/mol. The number of anilines is 1. The summed E-state index contributed by atoms with van der Waals surface area (Å²) >= 11 is 0. The van der Waals surface area contributed by atoms with Gasteiger partial charge in [-0.2, -0.15) is 0 Å². The molecule has 1 fully saturated rings. The summed E-state index contributed by atoms with van der Waals surface area (Å²) in [6, 6.07) is 2.99. The van der Waals surface area contributed by atoms with Gasteiger partial charge in [0, 0.05) is 12.6 Å². The van der Waals surface area contributed by atoms with Gasteiger partial charge in [-0.25, -0.2) is 17.5 Å². The van der Waals surface area contributed by atoms with E-state index in [0.717, 1.165) is 18.6 Å². The van der Waals surface area contributed by atoms with E-state index < -0.39 is 15.8 Å². The number of sulfonamides is 1. The van der Waals surface area contributed by atoms with Gasteiger partial charge in [0.15, 0.2) is 0 Å². The molecule has 3 N–H and O–H groups in total. The van der Waals surface area contributed by atoms with E-state index in [0.29, 0.717) is 19.6 Å². The molecule has 0 saturated carbocycles. The number of benzene rings is 1. The van der Waals surface area contributed by atoms with E-state index in [1.165, 1.54) is 6.07 Å². The molecule has 1 aliphatic rings. The van der Waals surface area contributed by atoms with Gasteiger partial charge in [-0.05, 0) is 31.0 Å². The van der Waals surface area contributed by atoms with Crippen LogP contribution in [0.2, 0.25) is 0 Å². The van der Waals surface area contributed by atoms with Gasteiger partial charge in [-0.3, -0.25) is 0 Å². The molecule has 1 saturated heterocycles. The minimum atomic E-state index is -3.81. The lowest BCUT2D eigenvalue weighted by molar-refractivity contribution is 0.0774. The van der Waals surface area contributed by atoms with Gasteiger partial charge < -0.3 is 10.5 Å². The highest BCUT2D eigenvalue weighted by Crippen LogP contribution is 2.20. The first-order valence-electron chi connectivity index (χ1n) is 5.64. The van der Waals surface area contributed by atoms with Crippen LogP contribution in [0.4, 0.5) is 10.1 Å². The maximum absolute atomic E-state index is 13.1. The summed E-state index contributed by atoms with van der Waals surface area (Å²) in [6.45, 7) is 0.967. The lowest BCUT2D eigenvalue weighted by Crippen LogP contribution is -2.40. The average molecular weight is 274 g/mol. The summed E-state index contributed by atoms with van der Waals surface area (Å²) in [7, 11) is -3.81. The first-order valence-corrected chi connectivity index (χ1v) is 7.12. The first kappa shape index (κ1) is 13.3. The van der Waals surface area contributed by atoms with Crippen LogP contribution in [0.3, 0.4) is 0 Å². The van der Waals surface area contributed by atoms with Crippen LogP contribution < -0.4 is 10.5 Å². The number of hydrogen-bond donors (Lipinski definition) is 2. The number of rotatable bonds is 3. The van der Waals surface area contributed by atoms with Crippen molar-refractivity contribution in [3.05, 3.63) is 24.0 Å². The van der Waals surface area contributed by atoms with Crippen molar-refractivity contribution in [1.82, 2.24) is 4.72 Å². The smallest absolute Gasteiger partial charge is 0.243 e. The molecule has 0 spiro atoms. The molecular weight excluding hydrogens is 259 g/mol. The number of hydrogen-bond acceptors (Lipinski definition) is 4. The predicted octanol–water partition coefficient (Wildman–Crippen LogP) is 0.865. The molecule has 5 nitrogen and oxygen atoms in total. The lowest BCUT2D eigenvalue weighted by Gasteiger charge is -2.23. The van der Waals surface area contributed by atoms with Crippen molar-refractivity contribution in [3.8, 4) is 0 Å². The van der Waals surface area contributed by atoms with Gasteiger partial charge in [0.05, 0.1) is 12.3 Å². The molecule has 7 heteroatoms. The Balaban J connectivity index is 2.21. The van der Waals surface area contributed by atoms with Gasteiger partial charge in [0.1, 0.15) is 10.7 Å². The number of nitrogen functional groups attached to an aromatic ring is 1. The average Bonchev–Trinajstić information content (AvgIpc) is 2.33. The Morgan fingerprint density at radius 1 is 1.44 bits per heavy atom. The van der Waals surface area contributed by atoms with Crippen molar-refractivity contribution >= 4 is 15.7 Å². The Labute approximate surface area is 105 Å². The number of halogens is 1. The third-order valence-electron chi connectivity index (χ3n) is 2.75. The maximum Gasteiger partial charge on any atom is 0.243 e. The quantitative estimate of drug-likeness (QED) is 0.801. The summed E-state index contributed by atoms with van der Waals surface area (Å²) in [5.74, 6) is -0.635. The van der Waals surface area contributed by atoms with Crippen LogP contribution >= 0.6 is 0 Å². The number of nitrogens with one attached hydrogen (secondary N) is 1. The van der Waals surface area contributed by atoms with E-state index in [-0.39, 0.29) is 16.6 Å². The van der Waals surface area contributed by atoms with Crippen molar-refractivity contribution in [1.29, 1.82) is 0 Å². The Bertz CT molecular complexity index is 527. The molecule has 1 aromatic rings. The van der Waals surface area contributed by atoms with E-state index in [1.54, 1.807) is 0 Å². The van der Waals surface area contributed by atoms with Crippen LogP contribution in [-0.4, -0.2) is 27.7 Å². The third kappa shape index (κ3) is 2.98. The van der Waals surface area contributed by atoms with Gasteiger partial charge in [0.25, 0.3) is 0 Å². The molecule has 0 radical (unpaired) electrons. The number of nitrogens with two attached hydrogens (primary N) is 1. The highest BCUT2D eigenvalue weighted by Gasteiger charge is 2.24. The van der Waals surface area contributed by atoms with Crippen molar-refractivity contribution in [2.75, 3.05) is 18.9 Å². The Kier molecular flexibility index (Phi) is 3.84. The van der Waals surface area contributed by atoms with E-state index >= 15 is 0 Å². The minimum absolute atomic E-state index is 0.0284. The Morgan fingerprint density at radius 2 is 2.22 bits per heavy atom. The fourth-order valence-electron chi connectivity index (χ4n) is 1.86. The molecule has 18 heavy (non-hydrogen) atoms. The van der Waals surface area contributed by atoms with Crippen molar-refractivity contribution < 1.29 is 17.5 Å². The van der Waals surface area contributed by atoms with Crippen LogP contribution in [0.25, 0.3) is 0 Å². The summed E-state index contributed by atoms with van der Waals surface area (Å²) in [4.78, 5) is -0.229. The molecule has 1 aromatic carbocycles. The molecule has 0 bridgehead atoms. The van der Waals surface area contributed by atoms with Gasteiger partial charge in [-0.1, -0.05) is 0 Å². The molecular formula is C11H15FN2O3S. The SMILES string of the molecule is Nc1ccc(F)cc1S(=O)(=O)NC1CCCOC1. The largest absolute Gasteiger partial charge is 0.398 e. The van der Waals surface area contributed by atoms with E-state index in [1.807, 2.05) is 0 Å². The van der Waals surface area contributed by atoms with Crippen LogP contribution in [-0.2, 0) is 14.8 Å². The molecule has 0 aliphatic carbocycles. The van der Waals surface area contributed by atoms with Crippen LogP contribution in [0, 0.1) is 5.82 Å². The van der Waals surface area contributed by atoms with Crippen LogP contribution in [0.5, 0.6) is 0 Å². The zero-order valence-corrected chi connectivity index (χ0v) is 10.5. The predicted molar refractivity (Wildman–Crippen MR) is 65.0 cm³/mol. The first-order chi connectivity index (χ1) is 8.49. The minimum Gasteiger partial charge on any atom is -0.398 e. The lowest BCUT2D eigenvalue weighted by atomic mass is 10.1.